The van der Waals surface area contributed by atoms with Gasteiger partial charge in [-0.15, -0.1) is 0 Å². The molecule has 1 aromatic carbocycles. The van der Waals surface area contributed by atoms with Crippen molar-refractivity contribution in [2.24, 2.45) is 0 Å². The Hall–Kier alpha value is -3.01. The van der Waals surface area contributed by atoms with Crippen molar-refractivity contribution in [1.82, 2.24) is 19.2 Å². The van der Waals surface area contributed by atoms with Gasteiger partial charge >= 0.3 is 0 Å². The third kappa shape index (κ3) is 6.65. The van der Waals surface area contributed by atoms with E-state index in [1.165, 1.54) is 43.0 Å². The van der Waals surface area contributed by atoms with Crippen LogP contribution in [-0.4, -0.2) is 62.1 Å². The Bertz CT molecular complexity index is 1430. The summed E-state index contributed by atoms with van der Waals surface area (Å²) >= 11 is 6.86. The molecule has 9 heteroatoms. The van der Waals surface area contributed by atoms with Gasteiger partial charge in [0.2, 0.25) is 0 Å². The number of aromatic nitrogens is 2. The number of nitrogens with zero attached hydrogens (tertiary/aromatic N) is 5. The molecule has 2 fully saturated rings. The van der Waals surface area contributed by atoms with Gasteiger partial charge < -0.3 is 4.90 Å². The molecule has 5 rings (SSSR count). The molecule has 0 N–H and O–H groups in total. The Kier molecular flexibility index (Phi) is 9.67. The highest BCUT2D eigenvalue weighted by molar-refractivity contribution is 8.26. The monoisotopic (exact) mass is 575 g/mol. The molecule has 2 aliphatic rings. The quantitative estimate of drug-likeness (QED) is 0.168. The third-order valence-electron chi connectivity index (χ3n) is 7.55. The smallest absolute Gasteiger partial charge is 0.267 e. The molecule has 210 valence electrons. The summed E-state index contributed by atoms with van der Waals surface area (Å²) in [6.45, 7) is 6.97. The van der Waals surface area contributed by atoms with E-state index in [-0.39, 0.29) is 11.5 Å². The largest absolute Gasteiger partial charge is 0.353 e. The van der Waals surface area contributed by atoms with Crippen molar-refractivity contribution in [2.75, 3.05) is 37.6 Å². The Morgan fingerprint density at radius 1 is 0.925 bits per heavy atom. The summed E-state index contributed by atoms with van der Waals surface area (Å²) in [5.41, 5.74) is 2.16. The summed E-state index contributed by atoms with van der Waals surface area (Å²) in [6, 6.07) is 16.0. The number of thiocarbonyl (C=S) groups is 1. The second-order valence-electron chi connectivity index (χ2n) is 10.4. The van der Waals surface area contributed by atoms with Crippen LogP contribution in [0.3, 0.4) is 0 Å². The lowest BCUT2D eigenvalue weighted by Gasteiger charge is -2.36. The molecule has 0 radical (unpaired) electrons. The normalized spacial score (nSPS) is 17.5. The fraction of sp³-hybridized carbons (Fsp3) is 0.419. The van der Waals surface area contributed by atoms with Gasteiger partial charge in [0.25, 0.3) is 11.5 Å². The predicted octanol–water partition coefficient (Wildman–Crippen LogP) is 5.58. The minimum atomic E-state index is -0.173. The number of anilines is 1. The fourth-order valence-electron chi connectivity index (χ4n) is 5.29. The number of hydrogen-bond donors (Lipinski definition) is 0. The zero-order valence-corrected chi connectivity index (χ0v) is 24.8. The highest BCUT2D eigenvalue weighted by Crippen LogP contribution is 2.34. The van der Waals surface area contributed by atoms with Crippen LogP contribution in [0.15, 0.2) is 64.4 Å². The van der Waals surface area contributed by atoms with Gasteiger partial charge in [-0.25, -0.2) is 4.98 Å². The average molecular weight is 576 g/mol. The summed E-state index contributed by atoms with van der Waals surface area (Å²) in [7, 11) is 0. The second-order valence-corrected chi connectivity index (χ2v) is 12.1. The Balaban J connectivity index is 1.35. The molecule has 2 aromatic heterocycles. The molecule has 4 heterocycles. The number of fused-ring (bicyclic) bond motifs is 1. The lowest BCUT2D eigenvalue weighted by atomic mass is 10.1. The van der Waals surface area contributed by atoms with Crippen LogP contribution in [0.4, 0.5) is 5.82 Å². The number of hydrogen-bond acceptors (Lipinski definition) is 7. The first-order valence-corrected chi connectivity index (χ1v) is 15.6. The van der Waals surface area contributed by atoms with Crippen LogP contribution in [0, 0.1) is 0 Å². The average Bonchev–Trinajstić information content (AvgIpc) is 3.24. The van der Waals surface area contributed by atoms with Crippen LogP contribution >= 0.6 is 24.0 Å². The summed E-state index contributed by atoms with van der Waals surface area (Å²) < 4.78 is 2.12. The number of pyridine rings is 1. The summed E-state index contributed by atoms with van der Waals surface area (Å²) in [6.07, 6.45) is 10.4. The van der Waals surface area contributed by atoms with E-state index < -0.39 is 0 Å². The number of carbonyl (C=O) groups is 1. The highest BCUT2D eigenvalue weighted by atomic mass is 32.2. The highest BCUT2D eigenvalue weighted by Gasteiger charge is 2.33. The van der Waals surface area contributed by atoms with Crippen LogP contribution in [-0.2, 0) is 11.3 Å². The standard InChI is InChI=1S/C31H37N5O2S2/c1-2-3-4-5-6-11-17-36-30(38)26(40-31(36)39)22-25-28(32-27-15-10-12-16-35(27)29(25)37)34-20-18-33(19-21-34)23-24-13-8-7-9-14-24/h7-10,12-16,22H,2-6,11,17-21,23H2,1H3/b26-22+. The number of thioether (sulfide) groups is 1. The lowest BCUT2D eigenvalue weighted by molar-refractivity contribution is -0.122. The molecule has 3 aromatic rings. The van der Waals surface area contributed by atoms with Crippen LogP contribution in [0.1, 0.15) is 56.6 Å². The van der Waals surface area contributed by atoms with E-state index >= 15 is 0 Å². The summed E-state index contributed by atoms with van der Waals surface area (Å²) in [5, 5.41) is 0. The summed E-state index contributed by atoms with van der Waals surface area (Å²) in [5.74, 6) is 0.525. The van der Waals surface area contributed by atoms with E-state index in [4.69, 9.17) is 17.2 Å². The first-order chi connectivity index (χ1) is 19.5. The van der Waals surface area contributed by atoms with Crippen molar-refractivity contribution >= 4 is 51.7 Å². The van der Waals surface area contributed by atoms with Gasteiger partial charge in [-0.1, -0.05) is 99.4 Å². The maximum atomic E-state index is 13.7. The molecule has 2 aliphatic heterocycles. The third-order valence-corrected chi connectivity index (χ3v) is 8.93. The minimum Gasteiger partial charge on any atom is -0.353 e. The van der Waals surface area contributed by atoms with E-state index in [0.29, 0.717) is 32.8 Å². The summed E-state index contributed by atoms with van der Waals surface area (Å²) in [4.78, 5) is 38.8. The van der Waals surface area contributed by atoms with Gasteiger partial charge in [0.05, 0.1) is 10.5 Å². The number of amides is 1. The zero-order chi connectivity index (χ0) is 27.9. The second kappa shape index (κ2) is 13.6. The molecule has 0 aliphatic carbocycles. The first kappa shape index (κ1) is 28.5. The maximum absolute atomic E-state index is 13.7. The Morgan fingerprint density at radius 2 is 1.65 bits per heavy atom. The molecule has 40 heavy (non-hydrogen) atoms. The van der Waals surface area contributed by atoms with Crippen LogP contribution in [0.5, 0.6) is 0 Å². The molecule has 1 amide bonds. The molecule has 0 atom stereocenters. The van der Waals surface area contributed by atoms with Gasteiger partial charge in [0.15, 0.2) is 0 Å². The number of benzene rings is 1. The molecule has 0 bridgehead atoms. The fourth-order valence-corrected chi connectivity index (χ4v) is 6.58. The number of piperazine rings is 1. The predicted molar refractivity (Wildman–Crippen MR) is 169 cm³/mol. The SMILES string of the molecule is CCCCCCCCN1C(=O)/C(=C\c2c(N3CCN(Cc4ccccc4)CC3)nc3ccccn3c2=O)SC1=S. The van der Waals surface area contributed by atoms with E-state index in [9.17, 15) is 9.59 Å². The van der Waals surface area contributed by atoms with Crippen molar-refractivity contribution < 1.29 is 4.79 Å². The Morgan fingerprint density at radius 3 is 2.42 bits per heavy atom. The maximum Gasteiger partial charge on any atom is 0.267 e. The van der Waals surface area contributed by atoms with Crippen molar-refractivity contribution in [3.8, 4) is 0 Å². The van der Waals surface area contributed by atoms with Gasteiger partial charge in [-0.05, 0) is 30.2 Å². The van der Waals surface area contributed by atoms with E-state index in [1.54, 1.807) is 21.6 Å². The van der Waals surface area contributed by atoms with Crippen molar-refractivity contribution in [3.05, 3.63) is 81.1 Å². The number of carbonyl (C=O) groups excluding carboxylic acids is 1. The van der Waals surface area contributed by atoms with Crippen molar-refractivity contribution in [2.45, 2.75) is 52.0 Å². The van der Waals surface area contributed by atoms with Crippen molar-refractivity contribution in [1.29, 1.82) is 0 Å². The molecular formula is C31H37N5O2S2. The van der Waals surface area contributed by atoms with Crippen LogP contribution in [0.2, 0.25) is 0 Å². The molecule has 2 saturated heterocycles. The Labute approximate surface area is 245 Å². The molecule has 0 unspecified atom stereocenters. The van der Waals surface area contributed by atoms with Gasteiger partial charge in [0.1, 0.15) is 15.8 Å². The molecule has 0 spiro atoms. The van der Waals surface area contributed by atoms with E-state index in [2.05, 4.69) is 41.0 Å². The molecule has 7 nitrogen and oxygen atoms in total. The van der Waals surface area contributed by atoms with E-state index in [0.717, 1.165) is 45.6 Å². The van der Waals surface area contributed by atoms with E-state index in [1.807, 2.05) is 24.3 Å². The molecule has 0 saturated carbocycles. The van der Waals surface area contributed by atoms with Gasteiger partial charge in [0, 0.05) is 45.5 Å². The van der Waals surface area contributed by atoms with Gasteiger partial charge in [-0.2, -0.15) is 0 Å². The van der Waals surface area contributed by atoms with Crippen LogP contribution < -0.4 is 10.5 Å². The minimum absolute atomic E-state index is 0.111. The first-order valence-electron chi connectivity index (χ1n) is 14.3. The lowest BCUT2D eigenvalue weighted by Crippen LogP contribution is -2.47. The molecular weight excluding hydrogens is 539 g/mol. The van der Waals surface area contributed by atoms with Gasteiger partial charge in [-0.3, -0.25) is 23.8 Å². The van der Waals surface area contributed by atoms with Crippen LogP contribution in [0.25, 0.3) is 11.7 Å². The number of rotatable bonds is 11. The number of unbranched alkanes of at least 4 members (excludes halogenated alkanes) is 5. The van der Waals surface area contributed by atoms with Crippen molar-refractivity contribution in [3.63, 3.8) is 0 Å². The topological polar surface area (TPSA) is 61.2 Å². The zero-order valence-electron chi connectivity index (χ0n) is 23.1.